The highest BCUT2D eigenvalue weighted by atomic mass is 79.9. The SMILES string of the molecule is Cc1ccc(Br)cc1S(=O)(=O)N1CCC(NC(=O)c2ccccc2)CC1. The first kappa shape index (κ1) is 19.1. The molecule has 0 unspecified atom stereocenters. The van der Waals surface area contributed by atoms with Gasteiger partial charge < -0.3 is 5.32 Å². The fourth-order valence-corrected chi connectivity index (χ4v) is 5.32. The maximum atomic E-state index is 12.9. The molecule has 1 N–H and O–H groups in total. The second-order valence-corrected chi connectivity index (χ2v) is 9.25. The van der Waals surface area contributed by atoms with Crippen molar-refractivity contribution < 1.29 is 13.2 Å². The molecule has 0 atom stereocenters. The fraction of sp³-hybridized carbons (Fsp3) is 0.316. The van der Waals surface area contributed by atoms with Crippen molar-refractivity contribution >= 4 is 31.9 Å². The van der Waals surface area contributed by atoms with Gasteiger partial charge >= 0.3 is 0 Å². The van der Waals surface area contributed by atoms with Crippen LogP contribution in [0.1, 0.15) is 28.8 Å². The quantitative estimate of drug-likeness (QED) is 0.798. The highest BCUT2D eigenvalue weighted by Crippen LogP contribution is 2.26. The van der Waals surface area contributed by atoms with E-state index in [1.165, 1.54) is 4.31 Å². The van der Waals surface area contributed by atoms with E-state index >= 15 is 0 Å². The third kappa shape index (κ3) is 4.16. The van der Waals surface area contributed by atoms with Crippen LogP contribution in [0.25, 0.3) is 0 Å². The van der Waals surface area contributed by atoms with Gasteiger partial charge in [0, 0.05) is 29.2 Å². The lowest BCUT2D eigenvalue weighted by atomic mass is 10.1. The van der Waals surface area contributed by atoms with Crippen molar-refractivity contribution in [2.75, 3.05) is 13.1 Å². The molecule has 0 aliphatic carbocycles. The van der Waals surface area contributed by atoms with E-state index in [9.17, 15) is 13.2 Å². The van der Waals surface area contributed by atoms with Gasteiger partial charge in [0.15, 0.2) is 0 Å². The summed E-state index contributed by atoms with van der Waals surface area (Å²) in [6.45, 7) is 2.59. The summed E-state index contributed by atoms with van der Waals surface area (Å²) in [5, 5.41) is 3.00. The minimum atomic E-state index is -3.53. The van der Waals surface area contributed by atoms with Crippen LogP contribution in [0.2, 0.25) is 0 Å². The molecule has 2 aromatic carbocycles. The number of carbonyl (C=O) groups is 1. The predicted octanol–water partition coefficient (Wildman–Crippen LogP) is 3.34. The number of hydrogen-bond donors (Lipinski definition) is 1. The second-order valence-electron chi connectivity index (χ2n) is 6.43. The number of sulfonamides is 1. The molecule has 0 radical (unpaired) electrons. The zero-order valence-corrected chi connectivity index (χ0v) is 16.9. The Morgan fingerprint density at radius 3 is 2.42 bits per heavy atom. The fourth-order valence-electron chi connectivity index (χ4n) is 3.09. The molecule has 0 saturated carbocycles. The van der Waals surface area contributed by atoms with Crippen LogP contribution in [0.4, 0.5) is 0 Å². The number of amides is 1. The standard InChI is InChI=1S/C19H21BrN2O3S/c1-14-7-8-16(20)13-18(14)26(24,25)22-11-9-17(10-12-22)21-19(23)15-5-3-2-4-6-15/h2-8,13,17H,9-12H2,1H3,(H,21,23). The molecular weight excluding hydrogens is 416 g/mol. The molecule has 5 nitrogen and oxygen atoms in total. The number of nitrogens with zero attached hydrogens (tertiary/aromatic N) is 1. The smallest absolute Gasteiger partial charge is 0.251 e. The van der Waals surface area contributed by atoms with E-state index in [0.717, 1.165) is 10.0 Å². The third-order valence-corrected chi connectivity index (χ3v) is 7.13. The number of carbonyl (C=O) groups excluding carboxylic acids is 1. The van der Waals surface area contributed by atoms with E-state index in [0.29, 0.717) is 36.4 Å². The second kappa shape index (κ2) is 7.90. The minimum Gasteiger partial charge on any atom is -0.349 e. The molecule has 1 saturated heterocycles. The monoisotopic (exact) mass is 436 g/mol. The average Bonchev–Trinajstić information content (AvgIpc) is 2.65. The Balaban J connectivity index is 1.65. The molecule has 1 fully saturated rings. The van der Waals surface area contributed by atoms with Crippen molar-refractivity contribution in [2.45, 2.75) is 30.7 Å². The van der Waals surface area contributed by atoms with E-state index < -0.39 is 10.0 Å². The van der Waals surface area contributed by atoms with E-state index in [2.05, 4.69) is 21.2 Å². The summed E-state index contributed by atoms with van der Waals surface area (Å²) in [7, 11) is -3.53. The van der Waals surface area contributed by atoms with Gasteiger partial charge in [0.2, 0.25) is 10.0 Å². The lowest BCUT2D eigenvalue weighted by molar-refractivity contribution is 0.0924. The molecule has 0 bridgehead atoms. The normalized spacial score (nSPS) is 16.4. The molecule has 0 spiro atoms. The van der Waals surface area contributed by atoms with Crippen LogP contribution in [-0.2, 0) is 10.0 Å². The first-order valence-corrected chi connectivity index (χ1v) is 10.7. The maximum Gasteiger partial charge on any atom is 0.251 e. The van der Waals surface area contributed by atoms with Crippen molar-refractivity contribution in [3.63, 3.8) is 0 Å². The number of benzene rings is 2. The van der Waals surface area contributed by atoms with Crippen LogP contribution in [0.3, 0.4) is 0 Å². The van der Waals surface area contributed by atoms with Crippen LogP contribution >= 0.6 is 15.9 Å². The highest BCUT2D eigenvalue weighted by Gasteiger charge is 2.31. The molecule has 7 heteroatoms. The molecule has 1 heterocycles. The lowest BCUT2D eigenvalue weighted by Gasteiger charge is -2.32. The first-order chi connectivity index (χ1) is 12.4. The summed E-state index contributed by atoms with van der Waals surface area (Å²) < 4.78 is 28.1. The summed E-state index contributed by atoms with van der Waals surface area (Å²) in [6.07, 6.45) is 1.20. The summed E-state index contributed by atoms with van der Waals surface area (Å²) in [5.74, 6) is -0.116. The average molecular weight is 437 g/mol. The molecule has 26 heavy (non-hydrogen) atoms. The topological polar surface area (TPSA) is 66.5 Å². The largest absolute Gasteiger partial charge is 0.349 e. The number of nitrogens with one attached hydrogen (secondary N) is 1. The van der Waals surface area contributed by atoms with Gasteiger partial charge in [0.25, 0.3) is 5.91 Å². The maximum absolute atomic E-state index is 12.9. The van der Waals surface area contributed by atoms with Crippen molar-refractivity contribution in [3.8, 4) is 0 Å². The van der Waals surface area contributed by atoms with Gasteiger partial charge in [-0.15, -0.1) is 0 Å². The Morgan fingerprint density at radius 2 is 1.77 bits per heavy atom. The summed E-state index contributed by atoms with van der Waals surface area (Å²) in [5.41, 5.74) is 1.35. The molecule has 1 amide bonds. The molecule has 1 aliphatic heterocycles. The predicted molar refractivity (Wildman–Crippen MR) is 105 cm³/mol. The van der Waals surface area contributed by atoms with Crippen LogP contribution in [0.5, 0.6) is 0 Å². The van der Waals surface area contributed by atoms with E-state index in [1.807, 2.05) is 24.3 Å². The van der Waals surface area contributed by atoms with Gasteiger partial charge in [-0.25, -0.2) is 8.42 Å². The van der Waals surface area contributed by atoms with Crippen molar-refractivity contribution in [1.82, 2.24) is 9.62 Å². The van der Waals surface area contributed by atoms with Crippen molar-refractivity contribution in [1.29, 1.82) is 0 Å². The molecule has 1 aliphatic rings. The Labute approximate surface area is 162 Å². The number of rotatable bonds is 4. The zero-order valence-electron chi connectivity index (χ0n) is 14.5. The Morgan fingerprint density at radius 1 is 1.12 bits per heavy atom. The van der Waals surface area contributed by atoms with Gasteiger partial charge in [-0.3, -0.25) is 4.79 Å². The summed E-state index contributed by atoms with van der Waals surface area (Å²) in [4.78, 5) is 12.6. The van der Waals surface area contributed by atoms with Crippen LogP contribution in [0.15, 0.2) is 57.9 Å². The number of piperidine rings is 1. The van der Waals surface area contributed by atoms with Crippen molar-refractivity contribution in [2.24, 2.45) is 0 Å². The highest BCUT2D eigenvalue weighted by molar-refractivity contribution is 9.10. The minimum absolute atomic E-state index is 0.0160. The number of hydrogen-bond acceptors (Lipinski definition) is 3. The van der Waals surface area contributed by atoms with Gasteiger partial charge in [-0.05, 0) is 49.6 Å². The van der Waals surface area contributed by atoms with Crippen molar-refractivity contribution in [3.05, 3.63) is 64.1 Å². The van der Waals surface area contributed by atoms with E-state index in [4.69, 9.17) is 0 Å². The zero-order chi connectivity index (χ0) is 18.7. The van der Waals surface area contributed by atoms with Crippen LogP contribution in [-0.4, -0.2) is 37.8 Å². The Hall–Kier alpha value is -1.70. The van der Waals surface area contributed by atoms with Gasteiger partial charge in [-0.1, -0.05) is 40.2 Å². The Kier molecular flexibility index (Phi) is 5.79. The summed E-state index contributed by atoms with van der Waals surface area (Å²) >= 11 is 3.34. The molecule has 138 valence electrons. The first-order valence-electron chi connectivity index (χ1n) is 8.50. The van der Waals surface area contributed by atoms with Gasteiger partial charge in [-0.2, -0.15) is 4.31 Å². The molecule has 0 aromatic heterocycles. The molecule has 2 aromatic rings. The summed E-state index contributed by atoms with van der Waals surface area (Å²) in [6, 6.07) is 14.3. The lowest BCUT2D eigenvalue weighted by Crippen LogP contribution is -2.46. The van der Waals surface area contributed by atoms with Gasteiger partial charge in [0.05, 0.1) is 4.90 Å². The van der Waals surface area contributed by atoms with E-state index in [1.54, 1.807) is 31.2 Å². The number of aryl methyl sites for hydroxylation is 1. The van der Waals surface area contributed by atoms with Crippen LogP contribution in [0, 0.1) is 6.92 Å². The van der Waals surface area contributed by atoms with E-state index in [-0.39, 0.29) is 11.9 Å². The third-order valence-electron chi connectivity index (χ3n) is 4.59. The van der Waals surface area contributed by atoms with Gasteiger partial charge in [0.1, 0.15) is 0 Å². The molecular formula is C19H21BrN2O3S. The number of halogens is 1. The Bertz CT molecular complexity index is 892. The van der Waals surface area contributed by atoms with Crippen LogP contribution < -0.4 is 5.32 Å². The molecule has 3 rings (SSSR count).